The van der Waals surface area contributed by atoms with Crippen LogP contribution in [0.15, 0.2) is 76.6 Å². The van der Waals surface area contributed by atoms with E-state index in [-0.39, 0.29) is 0 Å². The summed E-state index contributed by atoms with van der Waals surface area (Å²) in [5.74, 6) is -0.829. The lowest BCUT2D eigenvalue weighted by Crippen LogP contribution is -2.45. The second-order valence-electron chi connectivity index (χ2n) is 7.87. The fourth-order valence-electron chi connectivity index (χ4n) is 3.26. The van der Waals surface area contributed by atoms with Crippen molar-refractivity contribution in [3.05, 3.63) is 82.2 Å². The third-order valence-electron chi connectivity index (χ3n) is 5.18. The molecule has 0 aliphatic carbocycles. The van der Waals surface area contributed by atoms with Crippen molar-refractivity contribution in [3.8, 4) is 12.1 Å². The zero-order valence-corrected chi connectivity index (χ0v) is 19.2. The molecule has 4 nitrogen and oxygen atoms in total. The Labute approximate surface area is 199 Å². The van der Waals surface area contributed by atoms with Crippen LogP contribution in [-0.2, 0) is 4.74 Å². The van der Waals surface area contributed by atoms with Crippen LogP contribution in [0.2, 0.25) is 0 Å². The molecule has 0 N–H and O–H groups in total. The van der Waals surface area contributed by atoms with Crippen molar-refractivity contribution in [1.82, 2.24) is 0 Å². The maximum atomic E-state index is 13.9. The van der Waals surface area contributed by atoms with E-state index in [1.165, 1.54) is 24.3 Å². The molecule has 2 rings (SSSR count). The first-order valence-electron chi connectivity index (χ1n) is 10.1. The molecular weight excluding hydrogens is 472 g/mol. The molecular formula is C25H21F6N3O. The van der Waals surface area contributed by atoms with Crippen molar-refractivity contribution in [1.29, 1.82) is 10.5 Å². The van der Waals surface area contributed by atoms with Crippen molar-refractivity contribution in [2.45, 2.75) is 31.8 Å². The van der Waals surface area contributed by atoms with E-state index < -0.39 is 46.0 Å². The van der Waals surface area contributed by atoms with Crippen LogP contribution in [0.3, 0.4) is 0 Å². The van der Waals surface area contributed by atoms with Gasteiger partial charge < -0.3 is 9.64 Å². The van der Waals surface area contributed by atoms with Gasteiger partial charge in [0, 0.05) is 25.4 Å². The second-order valence-corrected chi connectivity index (χ2v) is 7.87. The van der Waals surface area contributed by atoms with E-state index in [2.05, 4.69) is 0 Å². The summed E-state index contributed by atoms with van der Waals surface area (Å²) in [6.45, 7) is 1.46. The minimum atomic E-state index is -5.31. The smallest absolute Gasteiger partial charge is 0.432 e. The summed E-state index contributed by atoms with van der Waals surface area (Å²) in [4.78, 5) is 1.89. The van der Waals surface area contributed by atoms with Crippen molar-refractivity contribution < 1.29 is 31.1 Å². The van der Waals surface area contributed by atoms with Gasteiger partial charge in [0.1, 0.15) is 11.6 Å². The third kappa shape index (κ3) is 5.78. The molecule has 0 spiro atoms. The Morgan fingerprint density at radius 1 is 1.00 bits per heavy atom. The van der Waals surface area contributed by atoms with E-state index in [0.717, 1.165) is 24.3 Å². The molecule has 1 atom stereocenters. The zero-order chi connectivity index (χ0) is 26.6. The number of anilines is 1. The van der Waals surface area contributed by atoms with E-state index in [9.17, 15) is 31.6 Å². The number of benzene rings is 1. The lowest BCUT2D eigenvalue weighted by atomic mass is 9.86. The Hall–Kier alpha value is -3.92. The molecule has 0 amide bonds. The quantitative estimate of drug-likeness (QED) is 0.258. The van der Waals surface area contributed by atoms with Gasteiger partial charge in [-0.1, -0.05) is 36.4 Å². The summed E-state index contributed by atoms with van der Waals surface area (Å²) >= 11 is 0. The molecule has 1 aromatic carbocycles. The highest BCUT2D eigenvalue weighted by atomic mass is 19.4. The van der Waals surface area contributed by atoms with Crippen molar-refractivity contribution in [2.24, 2.45) is 0 Å². The average molecular weight is 493 g/mol. The number of halogens is 6. The molecule has 1 heterocycles. The van der Waals surface area contributed by atoms with Crippen LogP contribution >= 0.6 is 0 Å². The van der Waals surface area contributed by atoms with Crippen molar-refractivity contribution in [3.63, 3.8) is 0 Å². The monoisotopic (exact) mass is 493 g/mol. The molecule has 1 aromatic rings. The molecule has 0 saturated heterocycles. The highest BCUT2D eigenvalue weighted by Crippen LogP contribution is 2.53. The number of hydrogen-bond donors (Lipinski definition) is 0. The predicted molar refractivity (Wildman–Crippen MR) is 120 cm³/mol. The number of alkyl halides is 6. The van der Waals surface area contributed by atoms with Crippen molar-refractivity contribution >= 4 is 11.8 Å². The van der Waals surface area contributed by atoms with Gasteiger partial charge in [0.15, 0.2) is 5.76 Å². The average Bonchev–Trinajstić information content (AvgIpc) is 3.08. The molecule has 35 heavy (non-hydrogen) atoms. The molecule has 1 aliphatic rings. The van der Waals surface area contributed by atoms with E-state index in [0.29, 0.717) is 13.0 Å². The Morgan fingerprint density at radius 2 is 1.60 bits per heavy atom. The summed E-state index contributed by atoms with van der Waals surface area (Å²) in [6.07, 6.45) is -4.94. The summed E-state index contributed by atoms with van der Waals surface area (Å²) < 4.78 is 88.3. The lowest BCUT2D eigenvalue weighted by Gasteiger charge is -2.31. The normalized spacial score (nSPS) is 20.7. The summed E-state index contributed by atoms with van der Waals surface area (Å²) in [5.41, 5.74) is -6.31. The minimum Gasteiger partial charge on any atom is -0.471 e. The first-order valence-corrected chi connectivity index (χ1v) is 10.1. The highest BCUT2D eigenvalue weighted by molar-refractivity contribution is 5.62. The Balaban J connectivity index is 2.57. The number of nitrogens with zero attached hydrogens (tertiary/aromatic N) is 3. The first-order chi connectivity index (χ1) is 16.2. The van der Waals surface area contributed by atoms with Gasteiger partial charge in [-0.25, -0.2) is 0 Å². The largest absolute Gasteiger partial charge is 0.471 e. The van der Waals surface area contributed by atoms with E-state index in [4.69, 9.17) is 10.00 Å². The number of rotatable bonds is 5. The number of nitriles is 2. The first kappa shape index (κ1) is 27.3. The number of allylic oxidation sites excluding steroid dienone is 6. The van der Waals surface area contributed by atoms with E-state index in [1.807, 2.05) is 31.1 Å². The Kier molecular flexibility index (Phi) is 7.92. The SMILES string of the molecule is C/C(C#N)=C1\OC(C)(C(F)(F)F)C(C(=C/C=C/C=C/c2ccc(N(C)C)cc2)/C(F)(F)F)=C1C#N. The second kappa shape index (κ2) is 10.1. The van der Waals surface area contributed by atoms with Crippen LogP contribution in [0.4, 0.5) is 32.0 Å². The number of ether oxygens (including phenoxy) is 1. The molecule has 184 valence electrons. The van der Waals surface area contributed by atoms with Gasteiger partial charge in [-0.05, 0) is 37.6 Å². The zero-order valence-electron chi connectivity index (χ0n) is 19.2. The van der Waals surface area contributed by atoms with Crippen LogP contribution in [0.1, 0.15) is 19.4 Å². The minimum absolute atomic E-state index is 0.401. The molecule has 0 saturated carbocycles. The molecule has 0 fully saturated rings. The highest BCUT2D eigenvalue weighted by Gasteiger charge is 2.64. The van der Waals surface area contributed by atoms with Gasteiger partial charge in [-0.2, -0.15) is 36.9 Å². The Bertz CT molecular complexity index is 1200. The topological polar surface area (TPSA) is 60.0 Å². The van der Waals surface area contributed by atoms with Gasteiger partial charge >= 0.3 is 12.4 Å². The van der Waals surface area contributed by atoms with E-state index >= 15 is 0 Å². The van der Waals surface area contributed by atoms with Crippen LogP contribution in [0.25, 0.3) is 6.08 Å². The van der Waals surface area contributed by atoms with Crippen molar-refractivity contribution in [2.75, 3.05) is 19.0 Å². The predicted octanol–water partition coefficient (Wildman–Crippen LogP) is 6.78. The molecule has 1 unspecified atom stereocenters. The number of hydrogen-bond acceptors (Lipinski definition) is 4. The summed E-state index contributed by atoms with van der Waals surface area (Å²) in [7, 11) is 3.73. The van der Waals surface area contributed by atoms with E-state index in [1.54, 1.807) is 18.2 Å². The molecule has 0 bridgehead atoms. The van der Waals surface area contributed by atoms with Gasteiger partial charge in [-0.3, -0.25) is 0 Å². The maximum absolute atomic E-state index is 13.9. The lowest BCUT2D eigenvalue weighted by molar-refractivity contribution is -0.238. The van der Waals surface area contributed by atoms with Gasteiger partial charge in [0.05, 0.1) is 17.2 Å². The Morgan fingerprint density at radius 3 is 2.06 bits per heavy atom. The fraction of sp³-hybridized carbons (Fsp3) is 0.280. The van der Waals surface area contributed by atoms with Gasteiger partial charge in [-0.15, -0.1) is 0 Å². The van der Waals surface area contributed by atoms with Crippen LogP contribution in [0.5, 0.6) is 0 Å². The van der Waals surface area contributed by atoms with Crippen LogP contribution in [-0.4, -0.2) is 32.0 Å². The third-order valence-corrected chi connectivity index (χ3v) is 5.18. The molecule has 0 radical (unpaired) electrons. The van der Waals surface area contributed by atoms with Gasteiger partial charge in [0.25, 0.3) is 0 Å². The molecule has 10 heteroatoms. The van der Waals surface area contributed by atoms with Crippen LogP contribution < -0.4 is 4.90 Å². The fourth-order valence-corrected chi connectivity index (χ4v) is 3.26. The maximum Gasteiger partial charge on any atom is 0.432 e. The van der Waals surface area contributed by atoms with Gasteiger partial charge in [0.2, 0.25) is 5.60 Å². The standard InChI is InChI=1S/C25H21F6N3O/c1-16(14-32)22-19(15-33)21(23(2,35-22)25(29,30)31)20(24(26,27)28)9-7-5-6-8-17-10-12-18(13-11-17)34(3)4/h5-13H,1-4H3/b7-5+,8-6+,20-9-,22-16+. The summed E-state index contributed by atoms with van der Waals surface area (Å²) in [5, 5.41) is 18.5. The summed E-state index contributed by atoms with van der Waals surface area (Å²) in [6, 6.07) is 10.1. The van der Waals surface area contributed by atoms with Crippen LogP contribution in [0, 0.1) is 22.7 Å². The molecule has 1 aliphatic heterocycles. The molecule has 0 aromatic heterocycles.